The predicted octanol–water partition coefficient (Wildman–Crippen LogP) is 1.54. The molecule has 25 heavy (non-hydrogen) atoms. The van der Waals surface area contributed by atoms with Crippen molar-refractivity contribution in [2.24, 2.45) is 0 Å². The van der Waals surface area contributed by atoms with Gasteiger partial charge in [-0.2, -0.15) is 4.39 Å². The number of nitrogens with one attached hydrogen (secondary N) is 1. The number of fused-ring (bicyclic) bond motifs is 1. The normalized spacial score (nSPS) is 15.9. The smallest absolute Gasteiger partial charge is 0.207 e. The van der Waals surface area contributed by atoms with Gasteiger partial charge in [-0.25, -0.2) is 19.9 Å². The van der Waals surface area contributed by atoms with Gasteiger partial charge in [-0.1, -0.05) is 11.6 Å². The molecule has 0 aromatic carbocycles. The molecular weight excluding hydrogens is 347 g/mol. The van der Waals surface area contributed by atoms with Crippen LogP contribution in [0.4, 0.5) is 16.0 Å². The molecule has 0 bridgehead atoms. The van der Waals surface area contributed by atoms with Gasteiger partial charge in [0.25, 0.3) is 0 Å². The maximum atomic E-state index is 14.5. The van der Waals surface area contributed by atoms with E-state index in [0.29, 0.717) is 29.8 Å². The van der Waals surface area contributed by atoms with Crippen LogP contribution in [0.1, 0.15) is 0 Å². The number of rotatable bonds is 2. The van der Waals surface area contributed by atoms with Crippen LogP contribution in [-0.2, 0) is 0 Å². The molecule has 0 amide bonds. The zero-order valence-corrected chi connectivity index (χ0v) is 14.3. The Morgan fingerprint density at radius 3 is 2.72 bits per heavy atom. The zero-order valence-electron chi connectivity index (χ0n) is 13.5. The maximum absolute atomic E-state index is 14.5. The third-order valence-electron chi connectivity index (χ3n) is 4.25. The number of likely N-dealkylation sites (N-methyl/N-ethyl adjacent to an activating group) is 1. The van der Waals surface area contributed by atoms with E-state index in [4.69, 9.17) is 17.3 Å². The summed E-state index contributed by atoms with van der Waals surface area (Å²) >= 11 is 5.93. The lowest BCUT2D eigenvalue weighted by molar-refractivity contribution is 0.310. The number of aromatic amines is 1. The Balaban J connectivity index is 1.81. The molecule has 10 heteroatoms. The number of anilines is 2. The summed E-state index contributed by atoms with van der Waals surface area (Å²) in [7, 11) is 2.03. The highest BCUT2D eigenvalue weighted by molar-refractivity contribution is 6.29. The number of hydrogen-bond acceptors (Lipinski definition) is 7. The van der Waals surface area contributed by atoms with Crippen molar-refractivity contribution >= 4 is 34.4 Å². The van der Waals surface area contributed by atoms with Gasteiger partial charge in [0.05, 0.1) is 11.8 Å². The van der Waals surface area contributed by atoms with Crippen molar-refractivity contribution in [2.75, 3.05) is 43.9 Å². The van der Waals surface area contributed by atoms with Crippen molar-refractivity contribution in [3.63, 3.8) is 0 Å². The summed E-state index contributed by atoms with van der Waals surface area (Å²) in [5.74, 6) is -0.295. The van der Waals surface area contributed by atoms with Gasteiger partial charge in [-0.05, 0) is 7.05 Å². The number of nitrogens with zero attached hydrogens (tertiary/aromatic N) is 6. The van der Waals surface area contributed by atoms with E-state index >= 15 is 0 Å². The molecule has 0 unspecified atom stereocenters. The van der Waals surface area contributed by atoms with Crippen LogP contribution in [0.5, 0.6) is 0 Å². The number of nitrogens with two attached hydrogens (primary N) is 1. The van der Waals surface area contributed by atoms with E-state index in [-0.39, 0.29) is 22.6 Å². The Bertz CT molecular complexity index is 935. The van der Waals surface area contributed by atoms with Crippen molar-refractivity contribution in [1.82, 2.24) is 29.8 Å². The molecule has 1 fully saturated rings. The summed E-state index contributed by atoms with van der Waals surface area (Å²) in [6.07, 6.45) is 3.11. The van der Waals surface area contributed by atoms with E-state index in [1.165, 1.54) is 6.20 Å². The fourth-order valence-corrected chi connectivity index (χ4v) is 2.97. The van der Waals surface area contributed by atoms with E-state index in [0.717, 1.165) is 13.1 Å². The lowest BCUT2D eigenvalue weighted by Crippen LogP contribution is -2.45. The van der Waals surface area contributed by atoms with Gasteiger partial charge < -0.3 is 20.5 Å². The third kappa shape index (κ3) is 2.85. The number of hydrogen-bond donors (Lipinski definition) is 2. The molecule has 0 saturated carbocycles. The highest BCUT2D eigenvalue weighted by Crippen LogP contribution is 2.29. The van der Waals surface area contributed by atoms with Gasteiger partial charge in [-0.15, -0.1) is 0 Å². The summed E-state index contributed by atoms with van der Waals surface area (Å²) in [6, 6.07) is 0. The van der Waals surface area contributed by atoms with Crippen molar-refractivity contribution in [1.29, 1.82) is 0 Å². The Labute approximate surface area is 147 Å². The lowest BCUT2D eigenvalue weighted by atomic mass is 10.2. The number of piperazine rings is 1. The van der Waals surface area contributed by atoms with Crippen LogP contribution >= 0.6 is 11.6 Å². The molecule has 1 aliphatic heterocycles. The molecular formula is C15H16ClFN8. The van der Waals surface area contributed by atoms with Gasteiger partial charge in [0.1, 0.15) is 10.7 Å². The Morgan fingerprint density at radius 2 is 1.96 bits per heavy atom. The summed E-state index contributed by atoms with van der Waals surface area (Å²) < 4.78 is 14.5. The summed E-state index contributed by atoms with van der Waals surface area (Å²) in [4.78, 5) is 24.0. The van der Waals surface area contributed by atoms with Crippen molar-refractivity contribution in [3.05, 3.63) is 23.4 Å². The fraction of sp³-hybridized carbons (Fsp3) is 0.333. The van der Waals surface area contributed by atoms with Gasteiger partial charge in [0, 0.05) is 32.4 Å². The summed E-state index contributed by atoms with van der Waals surface area (Å²) in [6.45, 7) is 2.99. The van der Waals surface area contributed by atoms with Crippen LogP contribution in [0, 0.1) is 5.82 Å². The van der Waals surface area contributed by atoms with Crippen LogP contribution in [0.2, 0.25) is 5.15 Å². The Morgan fingerprint density at radius 1 is 1.20 bits per heavy atom. The van der Waals surface area contributed by atoms with Crippen molar-refractivity contribution < 1.29 is 4.39 Å². The van der Waals surface area contributed by atoms with E-state index in [1.807, 2.05) is 11.9 Å². The average Bonchev–Trinajstić information content (AvgIpc) is 3.01. The second-order valence-corrected chi connectivity index (χ2v) is 6.34. The summed E-state index contributed by atoms with van der Waals surface area (Å²) in [5.41, 5.74) is 7.44. The quantitative estimate of drug-likeness (QED) is 0.713. The number of halogens is 2. The Hall–Kier alpha value is -2.52. The molecule has 130 valence electrons. The van der Waals surface area contributed by atoms with Crippen LogP contribution in [0.3, 0.4) is 0 Å². The monoisotopic (exact) mass is 362 g/mol. The molecule has 1 saturated heterocycles. The molecule has 1 aliphatic rings. The maximum Gasteiger partial charge on any atom is 0.207 e. The highest BCUT2D eigenvalue weighted by atomic mass is 35.5. The van der Waals surface area contributed by atoms with Gasteiger partial charge in [-0.3, -0.25) is 0 Å². The number of H-pyrrole nitrogens is 1. The topological polar surface area (TPSA) is 99.8 Å². The SMILES string of the molecule is CN1CCN(c2nc(-c3c[nH]c4ncc(Cl)nc34)nc(N)c2F)CC1. The fourth-order valence-electron chi connectivity index (χ4n) is 2.84. The molecule has 0 aliphatic carbocycles. The predicted molar refractivity (Wildman–Crippen MR) is 94.0 cm³/mol. The zero-order chi connectivity index (χ0) is 17.6. The second kappa shape index (κ2) is 6.08. The van der Waals surface area contributed by atoms with Crippen LogP contribution in [-0.4, -0.2) is 63.0 Å². The minimum absolute atomic E-state index is 0.191. The molecule has 4 heterocycles. The van der Waals surface area contributed by atoms with Gasteiger partial charge in [0.2, 0.25) is 5.82 Å². The second-order valence-electron chi connectivity index (χ2n) is 5.95. The highest BCUT2D eigenvalue weighted by Gasteiger charge is 2.23. The van der Waals surface area contributed by atoms with Crippen LogP contribution in [0.15, 0.2) is 12.4 Å². The minimum Gasteiger partial charge on any atom is -0.381 e. The first kappa shape index (κ1) is 16.0. The molecule has 3 aromatic rings. The number of nitrogen functional groups attached to an aromatic ring is 1. The molecule has 4 rings (SSSR count). The molecule has 3 N–H and O–H groups in total. The molecule has 8 nitrogen and oxygen atoms in total. The largest absolute Gasteiger partial charge is 0.381 e. The van der Waals surface area contributed by atoms with Crippen molar-refractivity contribution in [3.8, 4) is 11.4 Å². The lowest BCUT2D eigenvalue weighted by Gasteiger charge is -2.33. The third-order valence-corrected chi connectivity index (χ3v) is 4.44. The van der Waals surface area contributed by atoms with Gasteiger partial charge >= 0.3 is 0 Å². The molecule has 0 radical (unpaired) electrons. The summed E-state index contributed by atoms with van der Waals surface area (Å²) in [5, 5.41) is 0.253. The standard InChI is InChI=1S/C15H16ClFN8/c1-24-2-4-25(5-3-24)15-10(17)12(18)22-13(23-15)8-6-19-14-11(8)21-9(16)7-20-14/h6-7H,2-5H2,1H3,(H,19,20)(H2,18,22,23). The van der Waals surface area contributed by atoms with Gasteiger partial charge in [0.15, 0.2) is 23.1 Å². The van der Waals surface area contributed by atoms with E-state index in [2.05, 4.69) is 29.8 Å². The van der Waals surface area contributed by atoms with E-state index in [1.54, 1.807) is 6.20 Å². The average molecular weight is 363 g/mol. The van der Waals surface area contributed by atoms with Crippen molar-refractivity contribution in [2.45, 2.75) is 0 Å². The molecule has 0 atom stereocenters. The first-order chi connectivity index (χ1) is 12.0. The number of aromatic nitrogens is 5. The molecule has 0 spiro atoms. The van der Waals surface area contributed by atoms with E-state index < -0.39 is 5.82 Å². The van der Waals surface area contributed by atoms with Crippen LogP contribution < -0.4 is 10.6 Å². The Kier molecular flexibility index (Phi) is 3.89. The minimum atomic E-state index is -0.600. The first-order valence-electron chi connectivity index (χ1n) is 7.79. The molecule has 3 aromatic heterocycles. The first-order valence-corrected chi connectivity index (χ1v) is 8.17. The van der Waals surface area contributed by atoms with E-state index in [9.17, 15) is 4.39 Å². The van der Waals surface area contributed by atoms with Crippen LogP contribution in [0.25, 0.3) is 22.6 Å².